The van der Waals surface area contributed by atoms with Gasteiger partial charge in [-0.15, -0.1) is 11.6 Å². The molecule has 4 aliphatic carbocycles. The third-order valence-electron chi connectivity index (χ3n) is 11.1. The Morgan fingerprint density at radius 1 is 0.971 bits per heavy atom. The van der Waals surface area contributed by atoms with E-state index in [4.69, 9.17) is 21.1 Å². The van der Waals surface area contributed by atoms with Gasteiger partial charge in [-0.1, -0.05) is 65.5 Å². The van der Waals surface area contributed by atoms with Crippen LogP contribution in [0.15, 0.2) is 11.6 Å². The number of fused-ring (bicyclic) bond motifs is 5. The molecule has 0 N–H and O–H groups in total. The molecule has 2 nitrogen and oxygen atoms in total. The minimum Gasteiger partial charge on any atom is -0.378 e. The Balaban J connectivity index is 1.37. The van der Waals surface area contributed by atoms with Crippen LogP contribution >= 0.6 is 11.6 Å². The zero-order chi connectivity index (χ0) is 24.3. The second-order valence-electron chi connectivity index (χ2n) is 13.3. The van der Waals surface area contributed by atoms with Crippen LogP contribution in [-0.2, 0) is 9.47 Å². The lowest BCUT2D eigenvalue weighted by atomic mass is 9.47. The van der Waals surface area contributed by atoms with Gasteiger partial charge in [0.2, 0.25) is 0 Å². The summed E-state index contributed by atoms with van der Waals surface area (Å²) in [6.07, 6.45) is 18.2. The summed E-state index contributed by atoms with van der Waals surface area (Å²) in [6.45, 7) is 14.7. The predicted molar refractivity (Wildman–Crippen MR) is 144 cm³/mol. The van der Waals surface area contributed by atoms with Crippen molar-refractivity contribution < 1.29 is 9.47 Å². The van der Waals surface area contributed by atoms with E-state index < -0.39 is 0 Å². The first-order valence-corrected chi connectivity index (χ1v) is 15.3. The fourth-order valence-electron chi connectivity index (χ4n) is 9.22. The maximum Gasteiger partial charge on any atom is 0.0704 e. The number of halogens is 1. The fraction of sp³-hybridized carbons (Fsp3) is 0.935. The maximum atomic E-state index is 6.22. The van der Waals surface area contributed by atoms with Crippen molar-refractivity contribution in [3.05, 3.63) is 11.6 Å². The summed E-state index contributed by atoms with van der Waals surface area (Å²) in [4.78, 5) is 0. The van der Waals surface area contributed by atoms with Crippen LogP contribution in [0.2, 0.25) is 0 Å². The van der Waals surface area contributed by atoms with Gasteiger partial charge < -0.3 is 9.47 Å². The number of rotatable bonds is 11. The minimum atomic E-state index is 0.381. The quantitative estimate of drug-likeness (QED) is 0.163. The van der Waals surface area contributed by atoms with Crippen molar-refractivity contribution in [3.8, 4) is 0 Å². The summed E-state index contributed by atoms with van der Waals surface area (Å²) < 4.78 is 11.7. The van der Waals surface area contributed by atoms with Crippen LogP contribution in [0.1, 0.15) is 105 Å². The lowest BCUT2D eigenvalue weighted by Crippen LogP contribution is -2.51. The molecule has 0 radical (unpaired) electrons. The average Bonchev–Trinajstić information content (AvgIpc) is 3.16. The molecule has 0 bridgehead atoms. The molecule has 0 aromatic heterocycles. The largest absolute Gasteiger partial charge is 0.378 e. The third kappa shape index (κ3) is 5.45. The summed E-state index contributed by atoms with van der Waals surface area (Å²) >= 11 is 5.70. The molecule has 0 heterocycles. The van der Waals surface area contributed by atoms with Gasteiger partial charge in [0.25, 0.3) is 0 Å². The van der Waals surface area contributed by atoms with Gasteiger partial charge in [-0.2, -0.15) is 0 Å². The molecule has 4 rings (SSSR count). The summed E-state index contributed by atoms with van der Waals surface area (Å²) in [6, 6.07) is 0. The van der Waals surface area contributed by atoms with E-state index in [1.54, 1.807) is 5.57 Å². The maximum absolute atomic E-state index is 6.22. The number of hydrogen-bond donors (Lipinski definition) is 0. The van der Waals surface area contributed by atoms with Crippen molar-refractivity contribution in [3.63, 3.8) is 0 Å². The first-order valence-electron chi connectivity index (χ1n) is 14.7. The monoisotopic (exact) mass is 492 g/mol. The van der Waals surface area contributed by atoms with Crippen molar-refractivity contribution in [1.29, 1.82) is 0 Å². The van der Waals surface area contributed by atoms with E-state index in [0.29, 0.717) is 42.6 Å². The van der Waals surface area contributed by atoms with Crippen LogP contribution in [0.4, 0.5) is 0 Å². The minimum absolute atomic E-state index is 0.381. The van der Waals surface area contributed by atoms with Gasteiger partial charge in [-0.25, -0.2) is 0 Å². The van der Waals surface area contributed by atoms with Crippen molar-refractivity contribution in [1.82, 2.24) is 0 Å². The second kappa shape index (κ2) is 11.6. The van der Waals surface area contributed by atoms with E-state index in [1.165, 1.54) is 64.2 Å². The molecular weight excluding hydrogens is 440 g/mol. The van der Waals surface area contributed by atoms with Crippen molar-refractivity contribution >= 4 is 11.6 Å². The Morgan fingerprint density at radius 3 is 2.56 bits per heavy atom. The molecule has 0 aromatic carbocycles. The van der Waals surface area contributed by atoms with Crippen LogP contribution < -0.4 is 0 Å². The summed E-state index contributed by atoms with van der Waals surface area (Å²) in [5, 5.41) is 0. The van der Waals surface area contributed by atoms with Crippen LogP contribution in [0.25, 0.3) is 0 Å². The molecular formula is C31H53ClO2. The smallest absolute Gasteiger partial charge is 0.0704 e. The van der Waals surface area contributed by atoms with Crippen molar-refractivity contribution in [2.24, 2.45) is 46.3 Å². The Kier molecular flexibility index (Phi) is 9.18. The summed E-state index contributed by atoms with van der Waals surface area (Å²) in [7, 11) is 0. The zero-order valence-corrected chi connectivity index (χ0v) is 23.7. The molecule has 0 amide bonds. The molecule has 8 atom stereocenters. The van der Waals surface area contributed by atoms with Crippen molar-refractivity contribution in [2.75, 3.05) is 25.7 Å². The van der Waals surface area contributed by atoms with E-state index in [1.807, 2.05) is 0 Å². The van der Waals surface area contributed by atoms with E-state index >= 15 is 0 Å². The average molecular weight is 493 g/mol. The number of allylic oxidation sites excluding steroid dienone is 1. The highest BCUT2D eigenvalue weighted by atomic mass is 35.5. The highest BCUT2D eigenvalue weighted by Gasteiger charge is 2.59. The Bertz CT molecular complexity index is 689. The summed E-state index contributed by atoms with van der Waals surface area (Å²) in [5.41, 5.74) is 2.73. The highest BCUT2D eigenvalue weighted by Crippen LogP contribution is 2.67. The van der Waals surface area contributed by atoms with Gasteiger partial charge in [-0.05, 0) is 97.7 Å². The molecule has 3 fully saturated rings. The number of alkyl halides is 1. The van der Waals surface area contributed by atoms with Gasteiger partial charge >= 0.3 is 0 Å². The van der Waals surface area contributed by atoms with Gasteiger partial charge in [0, 0.05) is 5.88 Å². The van der Waals surface area contributed by atoms with Gasteiger partial charge in [-0.3, -0.25) is 0 Å². The summed E-state index contributed by atoms with van der Waals surface area (Å²) in [5.74, 6) is 6.03. The fourth-order valence-corrected chi connectivity index (χ4v) is 9.33. The van der Waals surface area contributed by atoms with Gasteiger partial charge in [0.15, 0.2) is 0 Å². The third-order valence-corrected chi connectivity index (χ3v) is 11.2. The first kappa shape index (κ1) is 27.0. The molecule has 0 aliphatic heterocycles. The molecule has 0 spiro atoms. The second-order valence-corrected chi connectivity index (χ2v) is 13.7. The Labute approximate surface area is 216 Å². The Hall–Kier alpha value is -0.0500. The SMILES string of the molecule is CC(C)CCC[C@@H](C)[C@H]1CC[C@H]2[C@@H]3CC=C4C[C@@H](OCCOCCCl)CC[C@]4(C)[C@H]3CC[C@]12C. The molecule has 3 saturated carbocycles. The van der Waals surface area contributed by atoms with E-state index in [9.17, 15) is 0 Å². The molecule has 0 aromatic rings. The standard InChI is InChI=1S/C31H53ClO2/c1-22(2)7-6-8-23(3)27-11-12-28-26-10-9-24-21-25(34-20-19-33-18-17-32)13-15-30(24,4)29(26)14-16-31(27,28)5/h9,22-23,25-29H,6-8,10-21H2,1-5H3/t23-,25+,26+,27-,28+,29+,30+,31-/m1/s1. The van der Waals surface area contributed by atoms with Crippen LogP contribution in [0.3, 0.4) is 0 Å². The zero-order valence-electron chi connectivity index (χ0n) is 22.9. The molecule has 0 unspecified atom stereocenters. The number of ether oxygens (including phenoxy) is 2. The van der Waals surface area contributed by atoms with Gasteiger partial charge in [0.05, 0.1) is 25.9 Å². The van der Waals surface area contributed by atoms with Crippen LogP contribution in [0, 0.1) is 46.3 Å². The first-order chi connectivity index (χ1) is 16.3. The lowest BCUT2D eigenvalue weighted by molar-refractivity contribution is -0.0675. The number of hydrogen-bond acceptors (Lipinski definition) is 2. The predicted octanol–water partition coefficient (Wildman–Crippen LogP) is 8.67. The molecule has 4 aliphatic rings. The normalized spacial score (nSPS) is 40.4. The van der Waals surface area contributed by atoms with Gasteiger partial charge in [0.1, 0.15) is 0 Å². The molecule has 0 saturated heterocycles. The molecule has 34 heavy (non-hydrogen) atoms. The molecule has 3 heteroatoms. The van der Waals surface area contributed by atoms with Crippen LogP contribution in [0.5, 0.6) is 0 Å². The van der Waals surface area contributed by atoms with E-state index in [0.717, 1.165) is 41.9 Å². The van der Waals surface area contributed by atoms with E-state index in [2.05, 4.69) is 40.7 Å². The van der Waals surface area contributed by atoms with Crippen LogP contribution in [-0.4, -0.2) is 31.8 Å². The van der Waals surface area contributed by atoms with E-state index in [-0.39, 0.29) is 0 Å². The Morgan fingerprint density at radius 2 is 1.79 bits per heavy atom. The lowest BCUT2D eigenvalue weighted by Gasteiger charge is -2.58. The topological polar surface area (TPSA) is 18.5 Å². The molecule has 196 valence electrons. The highest BCUT2D eigenvalue weighted by molar-refractivity contribution is 6.17. The van der Waals surface area contributed by atoms with Crippen molar-refractivity contribution in [2.45, 2.75) is 111 Å².